The number of nitro benzene ring substituents is 1. The van der Waals surface area contributed by atoms with Gasteiger partial charge in [0.25, 0.3) is 19.9 Å². The molecule has 2 amide bonds. The fraction of sp³-hybridized carbons (Fsp3) is 0.361. The third-order valence-electron chi connectivity index (χ3n) is 8.61. The molecule has 4 aromatic rings. The molecule has 3 aromatic carbocycles. The molecule has 2 heterocycles. The first-order valence-electron chi connectivity index (χ1n) is 16.3. The van der Waals surface area contributed by atoms with Crippen molar-refractivity contribution in [1.29, 1.82) is 0 Å². The summed E-state index contributed by atoms with van der Waals surface area (Å²) in [5, 5.41) is 18.4. The van der Waals surface area contributed by atoms with Gasteiger partial charge < -0.3 is 24.3 Å². The maximum Gasteiger partial charge on any atom is 0.407 e. The Bertz CT molecular complexity index is 1680. The van der Waals surface area contributed by atoms with E-state index in [-0.39, 0.29) is 48.5 Å². The molecule has 1 saturated heterocycles. The Morgan fingerprint density at radius 1 is 1.02 bits per heavy atom. The molecule has 0 bridgehead atoms. The molecule has 5 rings (SSSR count). The topological polar surface area (TPSA) is 127 Å². The van der Waals surface area contributed by atoms with Gasteiger partial charge in [-0.1, -0.05) is 81.4 Å². The quantitative estimate of drug-likeness (QED) is 0.109. The standard InChI is InChI=1S/C36H43N5O6SSi/c1-26(2)40(21-20-37-35(43)46-24-27-16-18-28(19-17-27)41(44)45)33(42)32-25-48-34(38-32)39-22-29(23-39)47-49(36(3,4)5,30-12-8-6-9-13-30)31-14-10-7-11-15-31/h6-19,25-26,29H,20-24H2,1-5H3,(H,37,43). The van der Waals surface area contributed by atoms with Crippen LogP contribution in [0.25, 0.3) is 0 Å². The summed E-state index contributed by atoms with van der Waals surface area (Å²) in [6.45, 7) is 12.5. The molecule has 258 valence electrons. The van der Waals surface area contributed by atoms with Crippen LogP contribution in [0.2, 0.25) is 5.04 Å². The average molecular weight is 702 g/mol. The maximum absolute atomic E-state index is 13.5. The number of carbonyl (C=O) groups is 2. The number of alkyl carbamates (subject to hydrolysis) is 1. The largest absolute Gasteiger partial charge is 0.445 e. The van der Waals surface area contributed by atoms with Gasteiger partial charge in [-0.2, -0.15) is 0 Å². The van der Waals surface area contributed by atoms with Crippen molar-refractivity contribution < 1.29 is 23.7 Å². The fourth-order valence-electron chi connectivity index (χ4n) is 6.05. The number of nitrogens with zero attached hydrogens (tertiary/aromatic N) is 4. The highest BCUT2D eigenvalue weighted by molar-refractivity contribution is 7.14. The molecule has 49 heavy (non-hydrogen) atoms. The molecule has 0 unspecified atom stereocenters. The number of benzene rings is 3. The van der Waals surface area contributed by atoms with E-state index in [2.05, 4.69) is 79.5 Å². The van der Waals surface area contributed by atoms with E-state index in [1.807, 2.05) is 26.0 Å². The van der Waals surface area contributed by atoms with Crippen LogP contribution in [-0.2, 0) is 15.8 Å². The minimum atomic E-state index is -2.67. The highest BCUT2D eigenvalue weighted by atomic mass is 32.1. The van der Waals surface area contributed by atoms with E-state index in [0.717, 1.165) is 5.13 Å². The highest BCUT2D eigenvalue weighted by Gasteiger charge is 2.52. The van der Waals surface area contributed by atoms with Gasteiger partial charge in [-0.15, -0.1) is 11.3 Å². The van der Waals surface area contributed by atoms with Crippen molar-refractivity contribution >= 4 is 52.8 Å². The lowest BCUT2D eigenvalue weighted by atomic mass is 10.2. The van der Waals surface area contributed by atoms with Crippen molar-refractivity contribution in [3.63, 3.8) is 0 Å². The van der Waals surface area contributed by atoms with Crippen molar-refractivity contribution in [3.05, 3.63) is 112 Å². The minimum absolute atomic E-state index is 0.0211. The molecule has 0 spiro atoms. The van der Waals surface area contributed by atoms with Crippen LogP contribution in [0.1, 0.15) is 50.7 Å². The average Bonchev–Trinajstić information content (AvgIpc) is 3.55. The summed E-state index contributed by atoms with van der Waals surface area (Å²) >= 11 is 1.44. The van der Waals surface area contributed by atoms with Crippen LogP contribution in [0.15, 0.2) is 90.3 Å². The maximum atomic E-state index is 13.5. The number of hydrogen-bond acceptors (Lipinski definition) is 9. The van der Waals surface area contributed by atoms with Gasteiger partial charge in [0.2, 0.25) is 0 Å². The lowest BCUT2D eigenvalue weighted by Crippen LogP contribution is -2.70. The van der Waals surface area contributed by atoms with Crippen molar-refractivity contribution in [3.8, 4) is 0 Å². The molecule has 0 atom stereocenters. The van der Waals surface area contributed by atoms with E-state index in [0.29, 0.717) is 24.3 Å². The third-order valence-corrected chi connectivity index (χ3v) is 14.6. The molecule has 0 aliphatic carbocycles. The Kier molecular flexibility index (Phi) is 11.2. The zero-order valence-corrected chi connectivity index (χ0v) is 30.3. The van der Waals surface area contributed by atoms with E-state index in [1.54, 1.807) is 10.3 Å². The summed E-state index contributed by atoms with van der Waals surface area (Å²) < 4.78 is 12.5. The van der Waals surface area contributed by atoms with Crippen LogP contribution in [-0.4, -0.2) is 73.4 Å². The van der Waals surface area contributed by atoms with Crippen LogP contribution < -0.4 is 20.6 Å². The molecule has 1 aromatic heterocycles. The molecular formula is C36H43N5O6SSi. The SMILES string of the molecule is CC(C)N(CCNC(=O)OCc1ccc([N+](=O)[O-])cc1)C(=O)c1csc(N2CC(O[Si](c3ccccc3)(c3ccccc3)C(C)(C)C)C2)n1. The van der Waals surface area contributed by atoms with Gasteiger partial charge in [-0.3, -0.25) is 14.9 Å². The number of non-ortho nitro benzene ring substituents is 1. The van der Waals surface area contributed by atoms with Gasteiger partial charge >= 0.3 is 6.09 Å². The number of thiazole rings is 1. The second-order valence-corrected chi connectivity index (χ2v) is 18.4. The van der Waals surface area contributed by atoms with Gasteiger partial charge in [-0.05, 0) is 47.0 Å². The first kappa shape index (κ1) is 35.7. The Balaban J connectivity index is 1.17. The van der Waals surface area contributed by atoms with E-state index in [4.69, 9.17) is 14.1 Å². The van der Waals surface area contributed by atoms with Crippen molar-refractivity contribution in [2.45, 2.75) is 58.4 Å². The molecular weight excluding hydrogens is 659 g/mol. The number of rotatable bonds is 13. The Hall–Kier alpha value is -4.59. The molecule has 0 saturated carbocycles. The number of anilines is 1. The second-order valence-electron chi connectivity index (χ2n) is 13.3. The van der Waals surface area contributed by atoms with Crippen molar-refractivity contribution in [1.82, 2.24) is 15.2 Å². The summed E-state index contributed by atoms with van der Waals surface area (Å²) in [5.41, 5.74) is 0.959. The highest BCUT2D eigenvalue weighted by Crippen LogP contribution is 2.39. The lowest BCUT2D eigenvalue weighted by molar-refractivity contribution is -0.384. The number of ether oxygens (including phenoxy) is 1. The van der Waals surface area contributed by atoms with E-state index in [9.17, 15) is 19.7 Å². The van der Waals surface area contributed by atoms with Gasteiger partial charge in [0.15, 0.2) is 5.13 Å². The van der Waals surface area contributed by atoms with Crippen LogP contribution >= 0.6 is 11.3 Å². The van der Waals surface area contributed by atoms with Gasteiger partial charge in [-0.25, -0.2) is 9.78 Å². The first-order valence-corrected chi connectivity index (χ1v) is 19.1. The molecule has 11 nitrogen and oxygen atoms in total. The second kappa shape index (κ2) is 15.3. The number of nitro groups is 1. The molecule has 1 aliphatic heterocycles. The third kappa shape index (κ3) is 8.18. The van der Waals surface area contributed by atoms with E-state index >= 15 is 0 Å². The van der Waals surface area contributed by atoms with Crippen molar-refractivity contribution in [2.24, 2.45) is 0 Å². The normalized spacial score (nSPS) is 13.6. The Morgan fingerprint density at radius 2 is 1.61 bits per heavy atom. The zero-order chi connectivity index (χ0) is 35.2. The molecule has 1 fully saturated rings. The molecule has 1 aliphatic rings. The zero-order valence-electron chi connectivity index (χ0n) is 28.5. The number of amides is 2. The number of nitrogens with one attached hydrogen (secondary N) is 1. The van der Waals surface area contributed by atoms with E-state index in [1.165, 1.54) is 46.0 Å². The Labute approximate surface area is 292 Å². The summed E-state index contributed by atoms with van der Waals surface area (Å²) in [6.07, 6.45) is -0.620. The van der Waals surface area contributed by atoms with Gasteiger partial charge in [0.1, 0.15) is 12.3 Å². The monoisotopic (exact) mass is 701 g/mol. The summed E-state index contributed by atoms with van der Waals surface area (Å²) in [4.78, 5) is 44.6. The Morgan fingerprint density at radius 3 is 2.14 bits per heavy atom. The molecule has 13 heteroatoms. The number of aromatic nitrogens is 1. The summed E-state index contributed by atoms with van der Waals surface area (Å²) in [7, 11) is -2.67. The predicted molar refractivity (Wildman–Crippen MR) is 194 cm³/mol. The molecule has 1 N–H and O–H groups in total. The first-order chi connectivity index (χ1) is 23.4. The van der Waals surface area contributed by atoms with Crippen LogP contribution in [0.4, 0.5) is 15.6 Å². The van der Waals surface area contributed by atoms with Crippen LogP contribution in [0.3, 0.4) is 0 Å². The van der Waals surface area contributed by atoms with Crippen molar-refractivity contribution in [2.75, 3.05) is 31.1 Å². The number of carbonyl (C=O) groups excluding carboxylic acids is 2. The minimum Gasteiger partial charge on any atom is -0.445 e. The molecule has 0 radical (unpaired) electrons. The summed E-state index contributed by atoms with van der Waals surface area (Å²) in [5.74, 6) is -0.209. The fourth-order valence-corrected chi connectivity index (χ4v) is 11.5. The smallest absolute Gasteiger partial charge is 0.407 e. The van der Waals surface area contributed by atoms with Crippen LogP contribution in [0, 0.1) is 10.1 Å². The van der Waals surface area contributed by atoms with E-state index < -0.39 is 19.3 Å². The lowest BCUT2D eigenvalue weighted by Gasteiger charge is -2.49. The van der Waals surface area contributed by atoms with Gasteiger partial charge in [0, 0.05) is 49.7 Å². The number of hydrogen-bond donors (Lipinski definition) is 1. The predicted octanol–water partition coefficient (Wildman–Crippen LogP) is 5.59. The van der Waals surface area contributed by atoms with Gasteiger partial charge in [0.05, 0.1) is 11.0 Å². The summed E-state index contributed by atoms with van der Waals surface area (Å²) in [6, 6.07) is 26.9. The van der Waals surface area contributed by atoms with Crippen LogP contribution in [0.5, 0.6) is 0 Å².